The van der Waals surface area contributed by atoms with E-state index >= 15 is 0 Å². The molecule has 0 aromatic heterocycles. The van der Waals surface area contributed by atoms with Crippen LogP contribution in [0, 0.1) is 11.3 Å². The van der Waals surface area contributed by atoms with E-state index in [2.05, 4.69) is 81.8 Å². The van der Waals surface area contributed by atoms with Gasteiger partial charge in [0.05, 0.1) is 20.3 Å². The van der Waals surface area contributed by atoms with Crippen molar-refractivity contribution >= 4 is 39.6 Å². The molecular weight excluding hydrogens is 646 g/mol. The molecule has 252 valence electrons. The van der Waals surface area contributed by atoms with Gasteiger partial charge >= 0.3 is 11.9 Å². The van der Waals surface area contributed by atoms with E-state index in [-0.39, 0.29) is 11.9 Å². The quantitative estimate of drug-likeness (QED) is 0.0690. The summed E-state index contributed by atoms with van der Waals surface area (Å²) in [5.74, 6) is 0.984. The fourth-order valence-corrected chi connectivity index (χ4v) is 6.69. The van der Waals surface area contributed by atoms with Crippen molar-refractivity contribution in [3.8, 4) is 6.07 Å². The SMILES string of the molecule is CC#N.CCCCCCCCCCCCSC(CCCC(=O)OC)c1ccccc1.COC(=O)CCCC(Br)c1ccccc1. The number of hydrogen-bond acceptors (Lipinski definition) is 6. The number of unbranched alkanes of at least 4 members (excludes halogenated alkanes) is 9. The first-order valence-electron chi connectivity index (χ1n) is 16.7. The lowest BCUT2D eigenvalue weighted by atomic mass is 10.1. The lowest BCUT2D eigenvalue weighted by molar-refractivity contribution is -0.141. The standard InChI is InChI=1S/C24H40O2S.C12H15BrO2.C2H3N/c1-3-4-5-6-7-8-9-10-11-15-21-27-23(19-16-20-24(25)26-2)22-17-13-12-14-18-22;1-15-12(14)9-5-8-11(13)10-6-3-2-4-7-10;1-2-3/h12-14,17-18,23H,3-11,15-16,19-21H2,1-2H3;2-4,6-7,11H,5,8-9H2,1H3;1H3. The summed E-state index contributed by atoms with van der Waals surface area (Å²) >= 11 is 5.67. The summed E-state index contributed by atoms with van der Waals surface area (Å²) in [5.41, 5.74) is 2.64. The van der Waals surface area contributed by atoms with Gasteiger partial charge < -0.3 is 9.47 Å². The monoisotopic (exact) mass is 703 g/mol. The highest BCUT2D eigenvalue weighted by Gasteiger charge is 2.13. The molecule has 0 N–H and O–H groups in total. The molecule has 0 fully saturated rings. The lowest BCUT2D eigenvalue weighted by Gasteiger charge is -2.17. The summed E-state index contributed by atoms with van der Waals surface area (Å²) in [6.45, 7) is 3.71. The van der Waals surface area contributed by atoms with Crippen LogP contribution in [0.3, 0.4) is 0 Å². The highest BCUT2D eigenvalue weighted by atomic mass is 79.9. The van der Waals surface area contributed by atoms with Gasteiger partial charge in [-0.1, -0.05) is 141 Å². The molecule has 45 heavy (non-hydrogen) atoms. The van der Waals surface area contributed by atoms with Gasteiger partial charge in [0.2, 0.25) is 0 Å². The second-order valence-electron chi connectivity index (χ2n) is 11.0. The van der Waals surface area contributed by atoms with Crippen LogP contribution in [0.15, 0.2) is 60.7 Å². The smallest absolute Gasteiger partial charge is 0.305 e. The molecule has 2 atom stereocenters. The van der Waals surface area contributed by atoms with Crippen molar-refractivity contribution in [2.75, 3.05) is 20.0 Å². The van der Waals surface area contributed by atoms with Crippen molar-refractivity contribution in [2.24, 2.45) is 0 Å². The number of nitriles is 1. The number of alkyl halides is 1. The number of hydrogen-bond donors (Lipinski definition) is 0. The second kappa shape index (κ2) is 31.7. The third-order valence-corrected chi connectivity index (χ3v) is 9.71. The van der Waals surface area contributed by atoms with Crippen molar-refractivity contribution in [2.45, 2.75) is 127 Å². The summed E-state index contributed by atoms with van der Waals surface area (Å²) in [6, 6.07) is 22.7. The number of benzene rings is 2. The van der Waals surface area contributed by atoms with Crippen molar-refractivity contribution in [1.29, 1.82) is 5.26 Å². The van der Waals surface area contributed by atoms with Crippen LogP contribution in [-0.4, -0.2) is 31.9 Å². The number of carbonyl (C=O) groups is 2. The molecule has 2 aromatic carbocycles. The molecule has 0 amide bonds. The van der Waals surface area contributed by atoms with E-state index < -0.39 is 0 Å². The third kappa shape index (κ3) is 25.6. The van der Waals surface area contributed by atoms with Crippen molar-refractivity contribution in [3.63, 3.8) is 0 Å². The number of esters is 2. The van der Waals surface area contributed by atoms with Crippen LogP contribution in [-0.2, 0) is 19.1 Å². The molecule has 0 saturated heterocycles. The second-order valence-corrected chi connectivity index (χ2v) is 13.4. The Balaban J connectivity index is 0.000000901. The summed E-state index contributed by atoms with van der Waals surface area (Å²) in [4.78, 5) is 22.6. The van der Waals surface area contributed by atoms with Crippen LogP contribution in [0.4, 0.5) is 0 Å². The van der Waals surface area contributed by atoms with Gasteiger partial charge in [-0.05, 0) is 49.0 Å². The van der Waals surface area contributed by atoms with Crippen LogP contribution >= 0.6 is 27.7 Å². The summed E-state index contributed by atoms with van der Waals surface area (Å²) < 4.78 is 9.35. The third-order valence-electron chi connectivity index (χ3n) is 7.29. The van der Waals surface area contributed by atoms with Crippen LogP contribution < -0.4 is 0 Å². The fourth-order valence-electron chi connectivity index (χ4n) is 4.72. The lowest BCUT2D eigenvalue weighted by Crippen LogP contribution is -2.02. The zero-order valence-electron chi connectivity index (χ0n) is 28.3. The van der Waals surface area contributed by atoms with Gasteiger partial charge in [0.25, 0.3) is 0 Å². The summed E-state index contributed by atoms with van der Waals surface area (Å²) in [7, 11) is 2.89. The molecule has 0 spiro atoms. The summed E-state index contributed by atoms with van der Waals surface area (Å²) in [6.07, 6.45) is 18.6. The zero-order valence-corrected chi connectivity index (χ0v) is 30.7. The van der Waals surface area contributed by atoms with Crippen molar-refractivity contribution in [1.82, 2.24) is 0 Å². The van der Waals surface area contributed by atoms with Gasteiger partial charge in [-0.3, -0.25) is 9.59 Å². The number of carbonyl (C=O) groups excluding carboxylic acids is 2. The number of halogens is 1. The predicted molar refractivity (Wildman–Crippen MR) is 195 cm³/mol. The Morgan fingerprint density at radius 2 is 1.13 bits per heavy atom. The average molecular weight is 705 g/mol. The van der Waals surface area contributed by atoms with E-state index in [9.17, 15) is 9.59 Å². The fraction of sp³-hybridized carbons (Fsp3) is 0.605. The van der Waals surface area contributed by atoms with Gasteiger partial charge in [-0.25, -0.2) is 0 Å². The number of ether oxygens (including phenoxy) is 2. The zero-order chi connectivity index (χ0) is 33.4. The number of methoxy groups -OCH3 is 2. The maximum atomic E-state index is 11.4. The van der Waals surface area contributed by atoms with E-state index in [0.717, 1.165) is 25.7 Å². The molecule has 0 aliphatic carbocycles. The highest BCUT2D eigenvalue weighted by molar-refractivity contribution is 9.09. The Morgan fingerprint density at radius 1 is 0.711 bits per heavy atom. The maximum Gasteiger partial charge on any atom is 0.305 e. The average Bonchev–Trinajstić information content (AvgIpc) is 3.07. The number of thioether (sulfide) groups is 1. The van der Waals surface area contributed by atoms with Crippen LogP contribution in [0.2, 0.25) is 0 Å². The Hall–Kier alpha value is -2.30. The van der Waals surface area contributed by atoms with Crippen molar-refractivity contribution in [3.05, 3.63) is 71.8 Å². The molecule has 0 bridgehead atoms. The first-order chi connectivity index (χ1) is 21.9. The molecule has 7 heteroatoms. The molecular formula is C38H58BrNO4S. The highest BCUT2D eigenvalue weighted by Crippen LogP contribution is 2.34. The molecule has 0 radical (unpaired) electrons. The summed E-state index contributed by atoms with van der Waals surface area (Å²) in [5, 5.41) is 7.81. The first-order valence-corrected chi connectivity index (χ1v) is 18.7. The molecule has 0 heterocycles. The first kappa shape index (κ1) is 42.7. The van der Waals surface area contributed by atoms with E-state index in [1.807, 2.05) is 18.2 Å². The minimum atomic E-state index is -0.136. The Kier molecular flexibility index (Phi) is 30.1. The normalized spacial score (nSPS) is 11.5. The maximum absolute atomic E-state index is 11.4. The van der Waals surface area contributed by atoms with E-state index in [4.69, 9.17) is 10.00 Å². The van der Waals surface area contributed by atoms with Crippen LogP contribution in [0.25, 0.3) is 0 Å². The van der Waals surface area contributed by atoms with Crippen molar-refractivity contribution < 1.29 is 19.1 Å². The molecule has 2 aromatic rings. The Morgan fingerprint density at radius 3 is 1.60 bits per heavy atom. The molecule has 0 aliphatic heterocycles. The number of rotatable bonds is 22. The predicted octanol–water partition coefficient (Wildman–Crippen LogP) is 11.7. The van der Waals surface area contributed by atoms with Crippen LogP contribution in [0.5, 0.6) is 0 Å². The number of nitrogens with zero attached hydrogens (tertiary/aromatic N) is 1. The van der Waals surface area contributed by atoms with Gasteiger partial charge in [0.1, 0.15) is 0 Å². The van der Waals surface area contributed by atoms with E-state index in [1.165, 1.54) is 102 Å². The van der Waals surface area contributed by atoms with E-state index in [1.54, 1.807) is 6.07 Å². The Bertz CT molecular complexity index is 1000. The largest absolute Gasteiger partial charge is 0.469 e. The van der Waals surface area contributed by atoms with Gasteiger partial charge in [0.15, 0.2) is 0 Å². The molecule has 0 aliphatic rings. The van der Waals surface area contributed by atoms with Gasteiger partial charge in [-0.2, -0.15) is 17.0 Å². The van der Waals surface area contributed by atoms with Crippen LogP contribution in [0.1, 0.15) is 138 Å². The molecule has 2 unspecified atom stereocenters. The van der Waals surface area contributed by atoms with Gasteiger partial charge in [0, 0.05) is 29.8 Å². The Labute approximate surface area is 287 Å². The minimum Gasteiger partial charge on any atom is -0.469 e. The molecule has 5 nitrogen and oxygen atoms in total. The minimum absolute atomic E-state index is 0.0958. The molecule has 2 rings (SSSR count). The topological polar surface area (TPSA) is 76.4 Å². The molecule has 0 saturated carbocycles. The van der Waals surface area contributed by atoms with Gasteiger partial charge in [-0.15, -0.1) is 0 Å². The van der Waals surface area contributed by atoms with E-state index in [0.29, 0.717) is 22.9 Å².